The molecule has 0 unspecified atom stereocenters. The second-order valence-corrected chi connectivity index (χ2v) is 5.30. The van der Waals surface area contributed by atoms with Crippen LogP contribution in [0.2, 0.25) is 0 Å². The highest BCUT2D eigenvalue weighted by Gasteiger charge is 2.18. The number of aromatic nitrogens is 4. The van der Waals surface area contributed by atoms with Crippen molar-refractivity contribution in [3.05, 3.63) is 34.4 Å². The monoisotopic (exact) mass is 349 g/mol. The van der Waals surface area contributed by atoms with Crippen LogP contribution in [-0.4, -0.2) is 42.8 Å². The van der Waals surface area contributed by atoms with E-state index in [0.717, 1.165) is 12.6 Å². The number of nitro groups is 1. The number of nitrogens with one attached hydrogen (secondary N) is 2. The summed E-state index contributed by atoms with van der Waals surface area (Å²) in [6.45, 7) is 2.64. The van der Waals surface area contributed by atoms with E-state index < -0.39 is 4.92 Å². The fraction of sp³-hybridized carbons (Fsp3) is 0.429. The molecule has 0 radical (unpaired) electrons. The van der Waals surface area contributed by atoms with Crippen LogP contribution in [0.25, 0.3) is 0 Å². The van der Waals surface area contributed by atoms with Crippen LogP contribution < -0.4 is 10.6 Å². The first kappa shape index (κ1) is 18.1. The lowest BCUT2D eigenvalue weighted by Crippen LogP contribution is -2.27. The Hall–Kier alpha value is -3.24. The van der Waals surface area contributed by atoms with E-state index in [1.54, 1.807) is 7.05 Å². The Labute approximate surface area is 143 Å². The third kappa shape index (κ3) is 4.62. The van der Waals surface area contributed by atoms with Gasteiger partial charge in [0.1, 0.15) is 18.1 Å². The number of rotatable bonds is 8. The van der Waals surface area contributed by atoms with Gasteiger partial charge in [0.05, 0.1) is 16.8 Å². The number of aryl methyl sites for hydroxylation is 2. The van der Waals surface area contributed by atoms with E-state index >= 15 is 0 Å². The maximum absolute atomic E-state index is 12.1. The van der Waals surface area contributed by atoms with Crippen LogP contribution in [0.3, 0.4) is 0 Å². The molecule has 0 saturated heterocycles. The topological polar surface area (TPSA) is 137 Å². The Balaban J connectivity index is 1.96. The van der Waals surface area contributed by atoms with Crippen molar-refractivity contribution in [2.45, 2.75) is 26.3 Å². The SMILES string of the molecule is CCCNC(=O)c1c(NC(=O)CCn2cc([N+](=O)[O-])cn2)cnn1C. The van der Waals surface area contributed by atoms with Gasteiger partial charge in [0.25, 0.3) is 5.91 Å². The first-order chi connectivity index (χ1) is 11.9. The second-order valence-electron chi connectivity index (χ2n) is 5.30. The highest BCUT2D eigenvalue weighted by Crippen LogP contribution is 2.15. The number of nitrogens with zero attached hydrogens (tertiary/aromatic N) is 5. The largest absolute Gasteiger partial charge is 0.351 e. The Bertz CT molecular complexity index is 780. The third-order valence-corrected chi connectivity index (χ3v) is 3.36. The highest BCUT2D eigenvalue weighted by atomic mass is 16.6. The fourth-order valence-corrected chi connectivity index (χ4v) is 2.12. The van der Waals surface area contributed by atoms with Crippen molar-refractivity contribution in [2.75, 3.05) is 11.9 Å². The van der Waals surface area contributed by atoms with Crippen LogP contribution in [0.4, 0.5) is 11.4 Å². The Morgan fingerprint density at radius 3 is 2.72 bits per heavy atom. The van der Waals surface area contributed by atoms with Gasteiger partial charge in [-0.3, -0.25) is 29.1 Å². The molecule has 0 fully saturated rings. The van der Waals surface area contributed by atoms with Crippen molar-refractivity contribution in [3.63, 3.8) is 0 Å². The molecule has 2 N–H and O–H groups in total. The molecule has 0 aliphatic rings. The number of amides is 2. The summed E-state index contributed by atoms with van der Waals surface area (Å²) in [7, 11) is 1.61. The Morgan fingerprint density at radius 1 is 1.32 bits per heavy atom. The molecule has 2 amide bonds. The second kappa shape index (κ2) is 8.04. The average Bonchev–Trinajstić information content (AvgIpc) is 3.18. The van der Waals surface area contributed by atoms with E-state index in [4.69, 9.17) is 0 Å². The van der Waals surface area contributed by atoms with Crippen LogP contribution in [-0.2, 0) is 18.4 Å². The molecule has 0 atom stereocenters. The number of carbonyl (C=O) groups is 2. The summed E-state index contributed by atoms with van der Waals surface area (Å²) >= 11 is 0. The number of anilines is 1. The van der Waals surface area contributed by atoms with Gasteiger partial charge in [-0.15, -0.1) is 0 Å². The molecule has 2 aromatic heterocycles. The van der Waals surface area contributed by atoms with Crippen molar-refractivity contribution >= 4 is 23.2 Å². The lowest BCUT2D eigenvalue weighted by Gasteiger charge is -2.08. The molecule has 0 bridgehead atoms. The summed E-state index contributed by atoms with van der Waals surface area (Å²) in [6.07, 6.45) is 4.61. The normalized spacial score (nSPS) is 10.5. The summed E-state index contributed by atoms with van der Waals surface area (Å²) in [6, 6.07) is 0. The maximum Gasteiger partial charge on any atom is 0.306 e. The Kier molecular flexibility index (Phi) is 5.82. The van der Waals surface area contributed by atoms with Crippen molar-refractivity contribution < 1.29 is 14.5 Å². The van der Waals surface area contributed by atoms with Crippen molar-refractivity contribution in [1.82, 2.24) is 24.9 Å². The third-order valence-electron chi connectivity index (χ3n) is 3.36. The predicted octanol–water partition coefficient (Wildman–Crippen LogP) is 0.693. The minimum Gasteiger partial charge on any atom is -0.351 e. The van der Waals surface area contributed by atoms with E-state index in [2.05, 4.69) is 20.8 Å². The lowest BCUT2D eigenvalue weighted by molar-refractivity contribution is -0.385. The van der Waals surface area contributed by atoms with Gasteiger partial charge < -0.3 is 10.6 Å². The molecule has 2 aromatic rings. The van der Waals surface area contributed by atoms with Gasteiger partial charge in [0.15, 0.2) is 0 Å². The van der Waals surface area contributed by atoms with E-state index in [0.29, 0.717) is 12.2 Å². The van der Waals surface area contributed by atoms with Gasteiger partial charge in [-0.25, -0.2) is 0 Å². The van der Waals surface area contributed by atoms with Gasteiger partial charge in [0, 0.05) is 26.6 Å². The highest BCUT2D eigenvalue weighted by molar-refractivity contribution is 6.02. The fourth-order valence-electron chi connectivity index (χ4n) is 2.12. The molecule has 11 nitrogen and oxygen atoms in total. The molecule has 11 heteroatoms. The van der Waals surface area contributed by atoms with Crippen molar-refractivity contribution in [2.24, 2.45) is 7.05 Å². The number of carbonyl (C=O) groups excluding carboxylic acids is 2. The van der Waals surface area contributed by atoms with E-state index in [-0.39, 0.29) is 36.2 Å². The molecular weight excluding hydrogens is 330 g/mol. The zero-order valence-electron chi connectivity index (χ0n) is 13.9. The Morgan fingerprint density at radius 2 is 2.08 bits per heavy atom. The minimum atomic E-state index is -0.555. The van der Waals surface area contributed by atoms with Crippen LogP contribution in [0, 0.1) is 10.1 Å². The molecule has 2 heterocycles. The summed E-state index contributed by atoms with van der Waals surface area (Å²) in [5.41, 5.74) is 0.437. The molecule has 0 aliphatic carbocycles. The summed E-state index contributed by atoms with van der Waals surface area (Å²) < 4.78 is 2.70. The van der Waals surface area contributed by atoms with Gasteiger partial charge >= 0.3 is 5.69 Å². The summed E-state index contributed by atoms with van der Waals surface area (Å²) in [5, 5.41) is 23.8. The van der Waals surface area contributed by atoms with Crippen LogP contribution in [0.1, 0.15) is 30.3 Å². The van der Waals surface area contributed by atoms with Gasteiger partial charge in [-0.1, -0.05) is 6.92 Å². The molecule has 0 saturated carbocycles. The smallest absolute Gasteiger partial charge is 0.306 e. The van der Waals surface area contributed by atoms with Crippen LogP contribution in [0.5, 0.6) is 0 Å². The van der Waals surface area contributed by atoms with Crippen molar-refractivity contribution in [3.8, 4) is 0 Å². The summed E-state index contributed by atoms with van der Waals surface area (Å²) in [5.74, 6) is -0.671. The number of hydrogen-bond acceptors (Lipinski definition) is 6. The first-order valence-corrected chi connectivity index (χ1v) is 7.69. The van der Waals surface area contributed by atoms with E-state index in [9.17, 15) is 19.7 Å². The van der Waals surface area contributed by atoms with Gasteiger partial charge in [-0.05, 0) is 6.42 Å². The zero-order valence-corrected chi connectivity index (χ0v) is 13.9. The molecule has 134 valence electrons. The molecule has 2 rings (SSSR count). The molecule has 0 aliphatic heterocycles. The standard InChI is InChI=1S/C14H19N7O4/c1-3-5-15-14(23)13-11(8-16-19(13)2)18-12(22)4-6-20-9-10(7-17-20)21(24)25/h7-9H,3-6H2,1-2H3,(H,15,23)(H,18,22). The van der Waals surface area contributed by atoms with Crippen molar-refractivity contribution in [1.29, 1.82) is 0 Å². The first-order valence-electron chi connectivity index (χ1n) is 7.69. The van der Waals surface area contributed by atoms with Gasteiger partial charge in [0.2, 0.25) is 5.91 Å². The molecule has 0 aromatic carbocycles. The molecular formula is C14H19N7O4. The van der Waals surface area contributed by atoms with Crippen LogP contribution >= 0.6 is 0 Å². The van der Waals surface area contributed by atoms with Gasteiger partial charge in [-0.2, -0.15) is 10.2 Å². The zero-order chi connectivity index (χ0) is 18.4. The maximum atomic E-state index is 12.1. The van der Waals surface area contributed by atoms with E-state index in [1.165, 1.54) is 21.8 Å². The lowest BCUT2D eigenvalue weighted by atomic mass is 10.3. The average molecular weight is 349 g/mol. The van der Waals surface area contributed by atoms with Crippen LogP contribution in [0.15, 0.2) is 18.6 Å². The quantitative estimate of drug-likeness (QED) is 0.531. The molecule has 25 heavy (non-hydrogen) atoms. The summed E-state index contributed by atoms with van der Waals surface area (Å²) in [4.78, 5) is 34.2. The van der Waals surface area contributed by atoms with E-state index in [1.807, 2.05) is 6.92 Å². The molecule has 0 spiro atoms. The number of hydrogen-bond donors (Lipinski definition) is 2. The predicted molar refractivity (Wildman–Crippen MR) is 88.0 cm³/mol. The minimum absolute atomic E-state index is 0.0454.